The van der Waals surface area contributed by atoms with Crippen LogP contribution in [-0.2, 0) is 16.6 Å². The molecule has 0 unspecified atom stereocenters. The third kappa shape index (κ3) is 2.72. The molecule has 1 aromatic carbocycles. The van der Waals surface area contributed by atoms with Crippen molar-refractivity contribution in [1.29, 1.82) is 0 Å². The van der Waals surface area contributed by atoms with Crippen LogP contribution in [0, 0.1) is 13.8 Å². The van der Waals surface area contributed by atoms with Gasteiger partial charge in [0.15, 0.2) is 5.76 Å². The van der Waals surface area contributed by atoms with Crippen LogP contribution in [0.3, 0.4) is 0 Å². The first-order valence-electron chi connectivity index (χ1n) is 6.73. The second-order valence-corrected chi connectivity index (χ2v) is 6.72. The van der Waals surface area contributed by atoms with Gasteiger partial charge >= 0.3 is 0 Å². The Bertz CT molecular complexity index is 913. The number of sulfonamides is 1. The number of para-hydroxylation sites is 1. The molecule has 0 aliphatic heterocycles. The van der Waals surface area contributed by atoms with Gasteiger partial charge in [-0.2, -0.15) is 0 Å². The predicted octanol–water partition coefficient (Wildman–Crippen LogP) is 2.32. The molecule has 6 nitrogen and oxygen atoms in total. The highest BCUT2D eigenvalue weighted by Gasteiger charge is 2.23. The number of pyridine rings is 1. The molecule has 0 radical (unpaired) electrons. The average Bonchev–Trinajstić information content (AvgIpc) is 2.85. The molecule has 114 valence electrons. The highest BCUT2D eigenvalue weighted by Crippen LogP contribution is 2.19. The van der Waals surface area contributed by atoms with Crippen molar-refractivity contribution in [3.05, 3.63) is 53.5 Å². The number of nitrogens with one attached hydrogen (secondary N) is 1. The van der Waals surface area contributed by atoms with Gasteiger partial charge in [-0.25, -0.2) is 13.1 Å². The molecule has 3 aromatic rings. The van der Waals surface area contributed by atoms with Gasteiger partial charge in [0.25, 0.3) is 0 Å². The number of hydrogen-bond donors (Lipinski definition) is 1. The smallest absolute Gasteiger partial charge is 0.246 e. The van der Waals surface area contributed by atoms with Crippen LogP contribution in [0.2, 0.25) is 0 Å². The number of aromatic nitrogens is 2. The van der Waals surface area contributed by atoms with E-state index in [4.69, 9.17) is 4.52 Å². The lowest BCUT2D eigenvalue weighted by Crippen LogP contribution is -2.24. The van der Waals surface area contributed by atoms with Crippen molar-refractivity contribution in [3.63, 3.8) is 0 Å². The number of hydrogen-bond acceptors (Lipinski definition) is 5. The predicted molar refractivity (Wildman–Crippen MR) is 81.7 cm³/mol. The van der Waals surface area contributed by atoms with Crippen LogP contribution in [-0.4, -0.2) is 18.6 Å². The number of fused-ring (bicyclic) bond motifs is 1. The fraction of sp³-hybridized carbons (Fsp3) is 0.200. The third-order valence-electron chi connectivity index (χ3n) is 3.35. The summed E-state index contributed by atoms with van der Waals surface area (Å²) in [4.78, 5) is 4.41. The van der Waals surface area contributed by atoms with E-state index < -0.39 is 10.0 Å². The Kier molecular flexibility index (Phi) is 3.67. The second-order valence-electron chi connectivity index (χ2n) is 5.01. The molecule has 2 aromatic heterocycles. The third-order valence-corrected chi connectivity index (χ3v) is 4.99. The quantitative estimate of drug-likeness (QED) is 0.798. The zero-order valence-corrected chi connectivity index (χ0v) is 13.0. The van der Waals surface area contributed by atoms with Crippen LogP contribution < -0.4 is 4.72 Å². The minimum Gasteiger partial charge on any atom is -0.360 e. The maximum Gasteiger partial charge on any atom is 0.246 e. The zero-order valence-electron chi connectivity index (χ0n) is 12.2. The number of rotatable bonds is 4. The van der Waals surface area contributed by atoms with E-state index in [2.05, 4.69) is 14.9 Å². The molecule has 2 heterocycles. The van der Waals surface area contributed by atoms with E-state index in [1.54, 1.807) is 20.0 Å². The monoisotopic (exact) mass is 317 g/mol. The Morgan fingerprint density at radius 1 is 1.23 bits per heavy atom. The van der Waals surface area contributed by atoms with E-state index in [1.807, 2.05) is 30.3 Å². The maximum atomic E-state index is 12.3. The standard InChI is InChI=1S/C15H15N3O3S/c1-10-15(11(2)21-18-10)22(19,20)17-9-12-7-13-5-3-4-6-14(13)16-8-12/h3-8,17H,9H2,1-2H3. The lowest BCUT2D eigenvalue weighted by Gasteiger charge is -2.07. The molecule has 0 atom stereocenters. The highest BCUT2D eigenvalue weighted by atomic mass is 32.2. The molecule has 22 heavy (non-hydrogen) atoms. The van der Waals surface area contributed by atoms with E-state index in [1.165, 1.54) is 0 Å². The van der Waals surface area contributed by atoms with Gasteiger partial charge in [-0.1, -0.05) is 23.4 Å². The summed E-state index contributed by atoms with van der Waals surface area (Å²) < 4.78 is 32.1. The van der Waals surface area contributed by atoms with Crippen molar-refractivity contribution >= 4 is 20.9 Å². The highest BCUT2D eigenvalue weighted by molar-refractivity contribution is 7.89. The average molecular weight is 317 g/mol. The maximum absolute atomic E-state index is 12.3. The van der Waals surface area contributed by atoms with Gasteiger partial charge in [0.2, 0.25) is 10.0 Å². The van der Waals surface area contributed by atoms with E-state index in [9.17, 15) is 8.42 Å². The Morgan fingerprint density at radius 3 is 2.73 bits per heavy atom. The van der Waals surface area contributed by atoms with Crippen LogP contribution >= 0.6 is 0 Å². The molecular formula is C15H15N3O3S. The van der Waals surface area contributed by atoms with Gasteiger partial charge in [-0.15, -0.1) is 0 Å². The molecule has 3 rings (SSSR count). The molecule has 0 aliphatic carbocycles. The molecule has 0 amide bonds. The van der Waals surface area contributed by atoms with E-state index >= 15 is 0 Å². The van der Waals surface area contributed by atoms with Crippen molar-refractivity contribution in [3.8, 4) is 0 Å². The first-order valence-corrected chi connectivity index (χ1v) is 8.22. The van der Waals surface area contributed by atoms with Crippen LogP contribution in [0.1, 0.15) is 17.0 Å². The summed E-state index contributed by atoms with van der Waals surface area (Å²) >= 11 is 0. The van der Waals surface area contributed by atoms with Crippen LogP contribution in [0.15, 0.2) is 45.9 Å². The van der Waals surface area contributed by atoms with Crippen molar-refractivity contribution in [1.82, 2.24) is 14.9 Å². The molecule has 7 heteroatoms. The summed E-state index contributed by atoms with van der Waals surface area (Å²) in [5, 5.41) is 4.64. The van der Waals surface area contributed by atoms with Crippen molar-refractivity contribution in [2.45, 2.75) is 25.3 Å². The van der Waals surface area contributed by atoms with Gasteiger partial charge in [-0.3, -0.25) is 4.98 Å². The van der Waals surface area contributed by atoms with Gasteiger partial charge in [0, 0.05) is 18.1 Å². The van der Waals surface area contributed by atoms with Gasteiger partial charge < -0.3 is 4.52 Å². The Labute approximate surface area is 128 Å². The Morgan fingerprint density at radius 2 is 2.00 bits per heavy atom. The van der Waals surface area contributed by atoms with Crippen LogP contribution in [0.4, 0.5) is 0 Å². The summed E-state index contributed by atoms with van der Waals surface area (Å²) in [5.74, 6) is 0.279. The van der Waals surface area contributed by atoms with Crippen LogP contribution in [0.5, 0.6) is 0 Å². The van der Waals surface area contributed by atoms with E-state index in [-0.39, 0.29) is 17.2 Å². The number of nitrogens with zero attached hydrogens (tertiary/aromatic N) is 2. The van der Waals surface area contributed by atoms with Crippen molar-refractivity contribution < 1.29 is 12.9 Å². The second kappa shape index (κ2) is 5.51. The molecule has 0 fully saturated rings. The first-order chi connectivity index (χ1) is 10.5. The summed E-state index contributed by atoms with van der Waals surface area (Å²) in [5.41, 5.74) is 2.01. The zero-order chi connectivity index (χ0) is 15.7. The summed E-state index contributed by atoms with van der Waals surface area (Å²) in [6.07, 6.45) is 1.66. The minimum absolute atomic E-state index is 0.0984. The molecule has 1 N–H and O–H groups in total. The summed E-state index contributed by atoms with van der Waals surface area (Å²) in [6.45, 7) is 3.33. The first kappa shape index (κ1) is 14.7. The lowest BCUT2D eigenvalue weighted by molar-refractivity contribution is 0.390. The van der Waals surface area contributed by atoms with Gasteiger partial charge in [0.05, 0.1) is 5.52 Å². The number of aryl methyl sites for hydroxylation is 2. The topological polar surface area (TPSA) is 85.1 Å². The molecule has 0 saturated heterocycles. The van der Waals surface area contributed by atoms with Crippen molar-refractivity contribution in [2.24, 2.45) is 0 Å². The Hall–Kier alpha value is -2.25. The molecule has 0 spiro atoms. The van der Waals surface area contributed by atoms with Crippen molar-refractivity contribution in [2.75, 3.05) is 0 Å². The van der Waals surface area contributed by atoms with E-state index in [0.717, 1.165) is 16.5 Å². The number of benzene rings is 1. The normalized spacial score (nSPS) is 11.9. The summed E-state index contributed by atoms with van der Waals surface area (Å²) in [6, 6.07) is 9.59. The van der Waals surface area contributed by atoms with E-state index in [0.29, 0.717) is 5.69 Å². The Balaban J connectivity index is 1.84. The van der Waals surface area contributed by atoms with Gasteiger partial charge in [-0.05, 0) is 31.5 Å². The fourth-order valence-electron chi connectivity index (χ4n) is 2.32. The fourth-order valence-corrected chi connectivity index (χ4v) is 3.66. The largest absolute Gasteiger partial charge is 0.360 e. The molecule has 0 bridgehead atoms. The SMILES string of the molecule is Cc1noc(C)c1S(=O)(=O)NCc1cnc2ccccc2c1. The van der Waals surface area contributed by atoms with Gasteiger partial charge in [0.1, 0.15) is 10.6 Å². The molecule has 0 saturated carbocycles. The molecule has 0 aliphatic rings. The summed E-state index contributed by atoms with van der Waals surface area (Å²) in [7, 11) is -3.66. The minimum atomic E-state index is -3.66. The molecular weight excluding hydrogens is 302 g/mol. The lowest BCUT2D eigenvalue weighted by atomic mass is 10.2. The van der Waals surface area contributed by atoms with Crippen LogP contribution in [0.25, 0.3) is 10.9 Å².